The lowest BCUT2D eigenvalue weighted by Gasteiger charge is -2.23. The standard InChI is InChI=1S/C9H22O2Si/c1-10-7-6-9(11-2)8-12(3,4)5/h9H,6-8H2,1-5H3. The maximum atomic E-state index is 5.38. The molecule has 0 radical (unpaired) electrons. The van der Waals surface area contributed by atoms with Gasteiger partial charge in [-0.15, -0.1) is 0 Å². The molecule has 0 heterocycles. The number of methoxy groups -OCH3 is 2. The quantitative estimate of drug-likeness (QED) is 0.599. The maximum absolute atomic E-state index is 5.38. The second kappa shape index (κ2) is 5.73. The Morgan fingerprint density at radius 2 is 1.75 bits per heavy atom. The Balaban J connectivity index is 3.67. The molecule has 12 heavy (non-hydrogen) atoms. The zero-order valence-corrected chi connectivity index (χ0v) is 10.0. The molecular weight excluding hydrogens is 168 g/mol. The summed E-state index contributed by atoms with van der Waals surface area (Å²) in [7, 11) is 2.56. The molecule has 0 aromatic heterocycles. The largest absolute Gasteiger partial charge is 0.385 e. The van der Waals surface area contributed by atoms with Gasteiger partial charge in [-0.2, -0.15) is 0 Å². The van der Waals surface area contributed by atoms with E-state index in [0.29, 0.717) is 6.10 Å². The second-order valence-electron chi connectivity index (χ2n) is 4.40. The monoisotopic (exact) mass is 190 g/mol. The van der Waals surface area contributed by atoms with Crippen LogP contribution in [0.4, 0.5) is 0 Å². The minimum Gasteiger partial charge on any atom is -0.385 e. The van der Waals surface area contributed by atoms with Crippen molar-refractivity contribution in [1.82, 2.24) is 0 Å². The van der Waals surface area contributed by atoms with Crippen LogP contribution in [-0.4, -0.2) is 35.0 Å². The first-order valence-corrected chi connectivity index (χ1v) is 8.22. The van der Waals surface area contributed by atoms with Crippen molar-refractivity contribution in [3.8, 4) is 0 Å². The van der Waals surface area contributed by atoms with Crippen molar-refractivity contribution in [3.63, 3.8) is 0 Å². The van der Waals surface area contributed by atoms with E-state index in [-0.39, 0.29) is 0 Å². The predicted molar refractivity (Wildman–Crippen MR) is 55.4 cm³/mol. The van der Waals surface area contributed by atoms with Gasteiger partial charge < -0.3 is 9.47 Å². The van der Waals surface area contributed by atoms with Gasteiger partial charge in [0.2, 0.25) is 0 Å². The van der Waals surface area contributed by atoms with Gasteiger partial charge in [-0.25, -0.2) is 0 Å². The van der Waals surface area contributed by atoms with E-state index in [2.05, 4.69) is 19.6 Å². The molecule has 0 amide bonds. The Morgan fingerprint density at radius 1 is 1.17 bits per heavy atom. The summed E-state index contributed by atoms with van der Waals surface area (Å²) >= 11 is 0. The fourth-order valence-electron chi connectivity index (χ4n) is 1.24. The predicted octanol–water partition coefficient (Wildman–Crippen LogP) is 2.38. The Morgan fingerprint density at radius 3 is 2.08 bits per heavy atom. The van der Waals surface area contributed by atoms with Crippen molar-refractivity contribution in [2.45, 2.75) is 38.2 Å². The molecule has 0 saturated heterocycles. The lowest BCUT2D eigenvalue weighted by atomic mass is 10.3. The normalized spacial score (nSPS) is 14.8. The van der Waals surface area contributed by atoms with Crippen LogP contribution in [0, 0.1) is 0 Å². The molecule has 0 aliphatic heterocycles. The smallest absolute Gasteiger partial charge is 0.0569 e. The Labute approximate surface area is 77.3 Å². The molecule has 0 aromatic carbocycles. The summed E-state index contributed by atoms with van der Waals surface area (Å²) in [5, 5.41) is 0. The highest BCUT2D eigenvalue weighted by molar-refractivity contribution is 6.76. The first kappa shape index (κ1) is 12.1. The van der Waals surface area contributed by atoms with Crippen LogP contribution >= 0.6 is 0 Å². The molecule has 74 valence electrons. The fourth-order valence-corrected chi connectivity index (χ4v) is 2.97. The van der Waals surface area contributed by atoms with Gasteiger partial charge in [-0.1, -0.05) is 19.6 Å². The SMILES string of the molecule is COCCC(C[Si](C)(C)C)OC. The third-order valence-corrected chi connectivity index (χ3v) is 3.50. The Kier molecular flexibility index (Phi) is 5.79. The average Bonchev–Trinajstić information content (AvgIpc) is 1.95. The molecule has 0 spiro atoms. The number of rotatable bonds is 6. The van der Waals surface area contributed by atoms with Crippen molar-refractivity contribution in [3.05, 3.63) is 0 Å². The van der Waals surface area contributed by atoms with Crippen LogP contribution in [0.2, 0.25) is 25.7 Å². The van der Waals surface area contributed by atoms with Gasteiger partial charge in [0.05, 0.1) is 6.10 Å². The van der Waals surface area contributed by atoms with Gasteiger partial charge in [-0.05, 0) is 12.5 Å². The highest BCUT2D eigenvalue weighted by atomic mass is 28.3. The van der Waals surface area contributed by atoms with Crippen molar-refractivity contribution in [1.29, 1.82) is 0 Å². The third kappa shape index (κ3) is 6.82. The van der Waals surface area contributed by atoms with E-state index in [1.807, 2.05) is 0 Å². The number of ether oxygens (including phenoxy) is 2. The van der Waals surface area contributed by atoms with E-state index in [0.717, 1.165) is 13.0 Å². The van der Waals surface area contributed by atoms with E-state index >= 15 is 0 Å². The number of hydrogen-bond donors (Lipinski definition) is 0. The zero-order chi connectivity index (χ0) is 9.61. The molecule has 0 bridgehead atoms. The lowest BCUT2D eigenvalue weighted by molar-refractivity contribution is 0.0780. The van der Waals surface area contributed by atoms with Crippen LogP contribution in [0.3, 0.4) is 0 Å². The fraction of sp³-hybridized carbons (Fsp3) is 1.00. The van der Waals surface area contributed by atoms with Crippen LogP contribution < -0.4 is 0 Å². The summed E-state index contributed by atoms with van der Waals surface area (Å²) in [5.74, 6) is 0. The molecule has 0 N–H and O–H groups in total. The minimum atomic E-state index is -0.972. The van der Waals surface area contributed by atoms with Crippen LogP contribution in [0.25, 0.3) is 0 Å². The molecular formula is C9H22O2Si. The Hall–Kier alpha value is 0.137. The summed E-state index contributed by atoms with van der Waals surface area (Å²) in [6, 6.07) is 1.23. The molecule has 2 nitrogen and oxygen atoms in total. The van der Waals surface area contributed by atoms with E-state index in [9.17, 15) is 0 Å². The summed E-state index contributed by atoms with van der Waals surface area (Å²) in [6.45, 7) is 7.91. The molecule has 0 fully saturated rings. The lowest BCUT2D eigenvalue weighted by Crippen LogP contribution is -2.28. The molecule has 0 saturated carbocycles. The highest BCUT2D eigenvalue weighted by Gasteiger charge is 2.19. The van der Waals surface area contributed by atoms with Gasteiger partial charge in [0.15, 0.2) is 0 Å². The van der Waals surface area contributed by atoms with Crippen LogP contribution in [0.15, 0.2) is 0 Å². The average molecular weight is 190 g/mol. The molecule has 0 aromatic rings. The second-order valence-corrected chi connectivity index (χ2v) is 9.93. The highest BCUT2D eigenvalue weighted by Crippen LogP contribution is 2.15. The summed E-state index contributed by atoms with van der Waals surface area (Å²) in [6.07, 6.45) is 1.42. The van der Waals surface area contributed by atoms with Crippen LogP contribution in [-0.2, 0) is 9.47 Å². The van der Waals surface area contributed by atoms with Crippen LogP contribution in [0.1, 0.15) is 6.42 Å². The van der Waals surface area contributed by atoms with E-state index in [1.165, 1.54) is 6.04 Å². The Bertz CT molecular complexity index is 110. The van der Waals surface area contributed by atoms with Crippen LogP contribution in [0.5, 0.6) is 0 Å². The molecule has 3 heteroatoms. The van der Waals surface area contributed by atoms with Gasteiger partial charge in [0.25, 0.3) is 0 Å². The zero-order valence-electron chi connectivity index (χ0n) is 9.02. The van der Waals surface area contributed by atoms with Crippen molar-refractivity contribution in [2.24, 2.45) is 0 Å². The number of hydrogen-bond acceptors (Lipinski definition) is 2. The van der Waals surface area contributed by atoms with Crippen molar-refractivity contribution < 1.29 is 9.47 Å². The van der Waals surface area contributed by atoms with Gasteiger partial charge in [0.1, 0.15) is 0 Å². The van der Waals surface area contributed by atoms with Crippen molar-refractivity contribution in [2.75, 3.05) is 20.8 Å². The van der Waals surface area contributed by atoms with E-state index in [1.54, 1.807) is 14.2 Å². The van der Waals surface area contributed by atoms with Crippen molar-refractivity contribution >= 4 is 8.07 Å². The first-order valence-electron chi connectivity index (χ1n) is 4.51. The van der Waals surface area contributed by atoms with Gasteiger partial charge in [0, 0.05) is 28.9 Å². The molecule has 1 atom stereocenters. The first-order chi connectivity index (χ1) is 5.49. The molecule has 0 rings (SSSR count). The minimum absolute atomic E-state index is 0.400. The van der Waals surface area contributed by atoms with Gasteiger partial charge in [-0.3, -0.25) is 0 Å². The van der Waals surface area contributed by atoms with Gasteiger partial charge >= 0.3 is 0 Å². The summed E-state index contributed by atoms with van der Waals surface area (Å²) < 4.78 is 10.4. The van der Waals surface area contributed by atoms with E-state index in [4.69, 9.17) is 9.47 Å². The van der Waals surface area contributed by atoms with E-state index < -0.39 is 8.07 Å². The maximum Gasteiger partial charge on any atom is 0.0569 e. The summed E-state index contributed by atoms with van der Waals surface area (Å²) in [4.78, 5) is 0. The topological polar surface area (TPSA) is 18.5 Å². The molecule has 1 unspecified atom stereocenters. The third-order valence-electron chi connectivity index (χ3n) is 1.82. The molecule has 0 aliphatic carbocycles. The molecule has 0 aliphatic rings. The summed E-state index contributed by atoms with van der Waals surface area (Å²) in [5.41, 5.74) is 0.